The van der Waals surface area contributed by atoms with Gasteiger partial charge in [-0.05, 0) is 30.3 Å². The molecular formula is C16H16BrF2NO. The van der Waals surface area contributed by atoms with Crippen molar-refractivity contribution in [1.29, 1.82) is 0 Å². The maximum atomic E-state index is 14.3. The fourth-order valence-electron chi connectivity index (χ4n) is 2.20. The van der Waals surface area contributed by atoms with Crippen LogP contribution in [0.4, 0.5) is 8.78 Å². The summed E-state index contributed by atoms with van der Waals surface area (Å²) in [4.78, 5) is 0. The molecule has 0 aliphatic carbocycles. The van der Waals surface area contributed by atoms with Gasteiger partial charge in [-0.1, -0.05) is 35.0 Å². The molecule has 0 aliphatic rings. The van der Waals surface area contributed by atoms with Crippen LogP contribution in [0, 0.1) is 11.6 Å². The fourth-order valence-corrected chi connectivity index (χ4v) is 2.78. The minimum atomic E-state index is -0.365. The third-order valence-electron chi connectivity index (χ3n) is 3.20. The minimum absolute atomic E-state index is 0.337. The SMILES string of the molecule is CCNC(c1ccc(OC)cc1F)c1ccc(F)cc1Br. The van der Waals surface area contributed by atoms with Gasteiger partial charge in [0.1, 0.15) is 17.4 Å². The molecule has 1 N–H and O–H groups in total. The average Bonchev–Trinajstić information content (AvgIpc) is 2.46. The van der Waals surface area contributed by atoms with E-state index in [1.54, 1.807) is 18.2 Å². The van der Waals surface area contributed by atoms with Crippen molar-refractivity contribution >= 4 is 15.9 Å². The van der Waals surface area contributed by atoms with E-state index in [1.807, 2.05) is 6.92 Å². The van der Waals surface area contributed by atoms with E-state index in [9.17, 15) is 8.78 Å². The first-order valence-electron chi connectivity index (χ1n) is 6.58. The van der Waals surface area contributed by atoms with E-state index >= 15 is 0 Å². The standard InChI is InChI=1S/C16H16BrF2NO/c1-3-20-16(12-6-4-10(18)8-14(12)17)13-7-5-11(21-2)9-15(13)19/h4-9,16,20H,3H2,1-2H3. The average molecular weight is 356 g/mol. The van der Waals surface area contributed by atoms with Gasteiger partial charge in [-0.15, -0.1) is 0 Å². The molecule has 21 heavy (non-hydrogen) atoms. The molecule has 0 spiro atoms. The summed E-state index contributed by atoms with van der Waals surface area (Å²) in [6, 6.07) is 8.76. The number of rotatable bonds is 5. The van der Waals surface area contributed by atoms with Gasteiger partial charge in [-0.25, -0.2) is 8.78 Å². The molecular weight excluding hydrogens is 340 g/mol. The Morgan fingerprint density at radius 2 is 1.86 bits per heavy atom. The van der Waals surface area contributed by atoms with Crippen molar-refractivity contribution in [2.45, 2.75) is 13.0 Å². The van der Waals surface area contributed by atoms with Crippen molar-refractivity contribution in [3.63, 3.8) is 0 Å². The summed E-state index contributed by atoms with van der Waals surface area (Å²) < 4.78 is 33.2. The Hall–Kier alpha value is -1.46. The first-order chi connectivity index (χ1) is 10.1. The maximum Gasteiger partial charge on any atom is 0.132 e. The molecule has 1 unspecified atom stereocenters. The smallest absolute Gasteiger partial charge is 0.132 e. The van der Waals surface area contributed by atoms with Crippen LogP contribution in [0.1, 0.15) is 24.1 Å². The van der Waals surface area contributed by atoms with Crippen molar-refractivity contribution in [3.05, 3.63) is 63.6 Å². The topological polar surface area (TPSA) is 21.3 Å². The van der Waals surface area contributed by atoms with Crippen molar-refractivity contribution in [2.75, 3.05) is 13.7 Å². The van der Waals surface area contributed by atoms with Gasteiger partial charge < -0.3 is 10.1 Å². The number of ether oxygens (including phenoxy) is 1. The lowest BCUT2D eigenvalue weighted by Crippen LogP contribution is -2.23. The van der Waals surface area contributed by atoms with Crippen LogP contribution in [-0.2, 0) is 0 Å². The van der Waals surface area contributed by atoms with Crippen molar-refractivity contribution < 1.29 is 13.5 Å². The summed E-state index contributed by atoms with van der Waals surface area (Å²) >= 11 is 3.34. The summed E-state index contributed by atoms with van der Waals surface area (Å²) in [5.74, 6) is -0.239. The highest BCUT2D eigenvalue weighted by molar-refractivity contribution is 9.10. The number of nitrogens with one attached hydrogen (secondary N) is 1. The molecule has 0 saturated carbocycles. The van der Waals surface area contributed by atoms with E-state index in [0.29, 0.717) is 22.3 Å². The van der Waals surface area contributed by atoms with Crippen molar-refractivity contribution in [1.82, 2.24) is 5.32 Å². The van der Waals surface area contributed by atoms with Crippen LogP contribution in [0.2, 0.25) is 0 Å². The van der Waals surface area contributed by atoms with Crippen LogP contribution in [0.25, 0.3) is 0 Å². The second kappa shape index (κ2) is 7.00. The largest absolute Gasteiger partial charge is 0.497 e. The van der Waals surface area contributed by atoms with Gasteiger partial charge in [0.2, 0.25) is 0 Å². The summed E-state index contributed by atoms with van der Waals surface area (Å²) in [7, 11) is 1.49. The van der Waals surface area contributed by atoms with Crippen LogP contribution >= 0.6 is 15.9 Å². The molecule has 2 aromatic rings. The summed E-state index contributed by atoms with van der Waals surface area (Å²) in [6.45, 7) is 2.59. The van der Waals surface area contributed by atoms with Gasteiger partial charge in [-0.2, -0.15) is 0 Å². The Morgan fingerprint density at radius 3 is 2.43 bits per heavy atom. The number of halogens is 3. The Labute approximate surface area is 131 Å². The molecule has 0 aromatic heterocycles. The minimum Gasteiger partial charge on any atom is -0.497 e. The van der Waals surface area contributed by atoms with Gasteiger partial charge in [0.25, 0.3) is 0 Å². The first-order valence-corrected chi connectivity index (χ1v) is 7.38. The zero-order chi connectivity index (χ0) is 15.4. The Bertz CT molecular complexity index is 634. The third kappa shape index (κ3) is 3.60. The first kappa shape index (κ1) is 15.9. The second-order valence-electron chi connectivity index (χ2n) is 4.54. The van der Waals surface area contributed by atoms with Crippen LogP contribution in [0.15, 0.2) is 40.9 Å². The molecule has 2 aromatic carbocycles. The van der Waals surface area contributed by atoms with Crippen molar-refractivity contribution in [2.24, 2.45) is 0 Å². The van der Waals surface area contributed by atoms with E-state index in [1.165, 1.54) is 25.3 Å². The maximum absolute atomic E-state index is 14.3. The van der Waals surface area contributed by atoms with Gasteiger partial charge in [0.15, 0.2) is 0 Å². The van der Waals surface area contributed by atoms with Gasteiger partial charge in [0.05, 0.1) is 13.2 Å². The lowest BCUT2D eigenvalue weighted by Gasteiger charge is -2.21. The number of hydrogen-bond donors (Lipinski definition) is 1. The predicted octanol–water partition coefficient (Wildman–Crippen LogP) is 4.43. The zero-order valence-electron chi connectivity index (χ0n) is 11.8. The van der Waals surface area contributed by atoms with E-state index in [2.05, 4.69) is 21.2 Å². The molecule has 0 bridgehead atoms. The molecule has 0 heterocycles. The fraction of sp³-hybridized carbons (Fsp3) is 0.250. The molecule has 2 nitrogen and oxygen atoms in total. The Morgan fingerprint density at radius 1 is 1.14 bits per heavy atom. The van der Waals surface area contributed by atoms with E-state index in [0.717, 1.165) is 5.56 Å². The number of hydrogen-bond acceptors (Lipinski definition) is 2. The monoisotopic (exact) mass is 355 g/mol. The molecule has 5 heteroatoms. The highest BCUT2D eigenvalue weighted by Crippen LogP contribution is 2.31. The highest BCUT2D eigenvalue weighted by atomic mass is 79.9. The lowest BCUT2D eigenvalue weighted by atomic mass is 9.98. The number of benzene rings is 2. The Balaban J connectivity index is 2.48. The van der Waals surface area contributed by atoms with Crippen LogP contribution in [0.5, 0.6) is 5.75 Å². The van der Waals surface area contributed by atoms with Gasteiger partial charge in [-0.3, -0.25) is 0 Å². The zero-order valence-corrected chi connectivity index (χ0v) is 13.4. The van der Waals surface area contributed by atoms with Crippen LogP contribution in [-0.4, -0.2) is 13.7 Å². The highest BCUT2D eigenvalue weighted by Gasteiger charge is 2.20. The van der Waals surface area contributed by atoms with E-state index in [-0.39, 0.29) is 17.7 Å². The second-order valence-corrected chi connectivity index (χ2v) is 5.40. The summed E-state index contributed by atoms with van der Waals surface area (Å²) in [5, 5.41) is 3.22. The molecule has 0 radical (unpaired) electrons. The Kier molecular flexibility index (Phi) is 5.31. The van der Waals surface area contributed by atoms with Crippen LogP contribution in [0.3, 0.4) is 0 Å². The van der Waals surface area contributed by atoms with Gasteiger partial charge >= 0.3 is 0 Å². The van der Waals surface area contributed by atoms with Crippen molar-refractivity contribution in [3.8, 4) is 5.75 Å². The third-order valence-corrected chi connectivity index (χ3v) is 3.89. The quantitative estimate of drug-likeness (QED) is 0.856. The molecule has 0 fully saturated rings. The molecule has 0 amide bonds. The molecule has 0 saturated heterocycles. The lowest BCUT2D eigenvalue weighted by molar-refractivity contribution is 0.410. The molecule has 2 rings (SSSR count). The predicted molar refractivity (Wildman–Crippen MR) is 82.6 cm³/mol. The normalized spacial score (nSPS) is 12.2. The molecule has 0 aliphatic heterocycles. The molecule has 112 valence electrons. The number of methoxy groups -OCH3 is 1. The summed E-state index contributed by atoms with van der Waals surface area (Å²) in [6.07, 6.45) is 0. The van der Waals surface area contributed by atoms with E-state index in [4.69, 9.17) is 4.74 Å². The molecule has 1 atom stereocenters. The van der Waals surface area contributed by atoms with E-state index < -0.39 is 0 Å². The summed E-state index contributed by atoms with van der Waals surface area (Å²) in [5.41, 5.74) is 1.27. The van der Waals surface area contributed by atoms with Crippen LogP contribution < -0.4 is 10.1 Å². The van der Waals surface area contributed by atoms with Gasteiger partial charge in [0, 0.05) is 16.1 Å².